The maximum absolute atomic E-state index is 13.5. The van der Waals surface area contributed by atoms with E-state index in [-0.39, 0.29) is 11.8 Å². The summed E-state index contributed by atoms with van der Waals surface area (Å²) >= 11 is 0. The highest BCUT2D eigenvalue weighted by Crippen LogP contribution is 2.39. The Morgan fingerprint density at radius 1 is 0.938 bits per heavy atom. The first-order chi connectivity index (χ1) is 15.4. The van der Waals surface area contributed by atoms with Gasteiger partial charge < -0.3 is 4.90 Å². The van der Waals surface area contributed by atoms with Gasteiger partial charge in [0, 0.05) is 37.6 Å². The SMILES string of the molecule is C=C1CC(c2cc(C)cc(-n3nc4ccccc4n3)c2)C(=O)N1c1ccc(N(C)C)cc1. The monoisotopic (exact) mass is 423 g/mol. The molecule has 6 heteroatoms. The smallest absolute Gasteiger partial charge is 0.239 e. The zero-order valence-corrected chi connectivity index (χ0v) is 18.5. The van der Waals surface area contributed by atoms with Gasteiger partial charge in [-0.15, -0.1) is 10.2 Å². The molecule has 6 nitrogen and oxygen atoms in total. The number of carbonyl (C=O) groups excluding carboxylic acids is 1. The van der Waals surface area contributed by atoms with Crippen LogP contribution in [0.3, 0.4) is 0 Å². The Morgan fingerprint density at radius 2 is 1.59 bits per heavy atom. The van der Waals surface area contributed by atoms with Crippen LogP contribution in [0.25, 0.3) is 16.7 Å². The first-order valence-corrected chi connectivity index (χ1v) is 10.6. The number of fused-ring (bicyclic) bond motifs is 1. The Bertz CT molecular complexity index is 1300. The number of carbonyl (C=O) groups is 1. The highest BCUT2D eigenvalue weighted by molar-refractivity contribution is 6.04. The van der Waals surface area contributed by atoms with Gasteiger partial charge in [-0.05, 0) is 66.6 Å². The summed E-state index contributed by atoms with van der Waals surface area (Å²) in [6, 6.07) is 21.9. The summed E-state index contributed by atoms with van der Waals surface area (Å²) in [7, 11) is 4.00. The molecule has 1 aliphatic heterocycles. The summed E-state index contributed by atoms with van der Waals surface area (Å²) in [6.45, 7) is 6.22. The number of nitrogens with zero attached hydrogens (tertiary/aromatic N) is 5. The lowest BCUT2D eigenvalue weighted by Crippen LogP contribution is -2.25. The fourth-order valence-corrected chi connectivity index (χ4v) is 4.28. The largest absolute Gasteiger partial charge is 0.378 e. The van der Waals surface area contributed by atoms with Crippen molar-refractivity contribution in [1.29, 1.82) is 0 Å². The van der Waals surface area contributed by atoms with Crippen molar-refractivity contribution in [3.8, 4) is 5.69 Å². The van der Waals surface area contributed by atoms with Gasteiger partial charge in [0.05, 0.1) is 11.6 Å². The van der Waals surface area contributed by atoms with E-state index in [1.807, 2.05) is 86.6 Å². The topological polar surface area (TPSA) is 54.3 Å². The number of amides is 1. The first kappa shape index (κ1) is 20.0. The van der Waals surface area contributed by atoms with Gasteiger partial charge in [0.2, 0.25) is 5.91 Å². The van der Waals surface area contributed by atoms with Crippen LogP contribution in [0.2, 0.25) is 0 Å². The second kappa shape index (κ2) is 7.64. The summed E-state index contributed by atoms with van der Waals surface area (Å²) in [5.41, 5.74) is 7.30. The van der Waals surface area contributed by atoms with Crippen molar-refractivity contribution >= 4 is 28.3 Å². The Labute approximate surface area is 187 Å². The van der Waals surface area contributed by atoms with Gasteiger partial charge in [0.15, 0.2) is 0 Å². The Kier molecular flexibility index (Phi) is 4.78. The number of benzene rings is 3. The first-order valence-electron chi connectivity index (χ1n) is 10.6. The summed E-state index contributed by atoms with van der Waals surface area (Å²) in [6.07, 6.45) is 0.589. The number of aromatic nitrogens is 3. The number of hydrogen-bond donors (Lipinski definition) is 0. The third-order valence-electron chi connectivity index (χ3n) is 5.90. The molecule has 0 radical (unpaired) electrons. The van der Waals surface area contributed by atoms with Crippen LogP contribution in [-0.4, -0.2) is 35.0 Å². The van der Waals surface area contributed by atoms with Crippen LogP contribution in [-0.2, 0) is 4.79 Å². The summed E-state index contributed by atoms with van der Waals surface area (Å²) in [5, 5.41) is 9.20. The van der Waals surface area contributed by atoms with E-state index in [0.717, 1.165) is 44.9 Å². The fourth-order valence-electron chi connectivity index (χ4n) is 4.28. The fraction of sp³-hybridized carbons (Fsp3) is 0.192. The number of hydrogen-bond acceptors (Lipinski definition) is 4. The van der Waals surface area contributed by atoms with Crippen LogP contribution in [0.1, 0.15) is 23.5 Å². The summed E-state index contributed by atoms with van der Waals surface area (Å²) < 4.78 is 0. The van der Waals surface area contributed by atoms with Crippen LogP contribution in [0.4, 0.5) is 11.4 Å². The Morgan fingerprint density at radius 3 is 2.22 bits per heavy atom. The minimum atomic E-state index is -0.278. The molecule has 32 heavy (non-hydrogen) atoms. The van der Waals surface area contributed by atoms with Gasteiger partial charge in [-0.1, -0.05) is 24.8 Å². The van der Waals surface area contributed by atoms with E-state index in [1.165, 1.54) is 0 Å². The van der Waals surface area contributed by atoms with E-state index in [1.54, 1.807) is 9.70 Å². The lowest BCUT2D eigenvalue weighted by molar-refractivity contribution is -0.118. The Hall–Kier alpha value is -3.93. The number of rotatable bonds is 4. The van der Waals surface area contributed by atoms with Crippen molar-refractivity contribution in [2.45, 2.75) is 19.3 Å². The molecule has 0 saturated carbocycles. The van der Waals surface area contributed by atoms with Gasteiger partial charge >= 0.3 is 0 Å². The van der Waals surface area contributed by atoms with Crippen molar-refractivity contribution in [3.05, 3.63) is 90.1 Å². The van der Waals surface area contributed by atoms with Gasteiger partial charge in [0.1, 0.15) is 11.0 Å². The van der Waals surface area contributed by atoms with Gasteiger partial charge in [-0.2, -0.15) is 4.80 Å². The molecule has 1 atom stereocenters. The standard InChI is InChI=1S/C26H25N5O/c1-17-13-19(16-22(14-17)31-27-24-7-5-6-8-25(24)28-31)23-15-18(2)30(26(23)32)21-11-9-20(10-12-21)29(3)4/h5-14,16,23H,2,15H2,1,3-4H3. The van der Waals surface area contributed by atoms with Gasteiger partial charge in [-0.25, -0.2) is 0 Å². The molecule has 1 fully saturated rings. The second-order valence-corrected chi connectivity index (χ2v) is 8.49. The van der Waals surface area contributed by atoms with Crippen molar-refractivity contribution in [2.75, 3.05) is 23.9 Å². The molecule has 2 heterocycles. The van der Waals surface area contributed by atoms with Crippen LogP contribution >= 0.6 is 0 Å². The van der Waals surface area contributed by atoms with Crippen molar-refractivity contribution < 1.29 is 4.79 Å². The molecular weight excluding hydrogens is 398 g/mol. The van der Waals surface area contributed by atoms with E-state index < -0.39 is 0 Å². The molecule has 1 aliphatic rings. The van der Waals surface area contributed by atoms with Crippen LogP contribution in [0.15, 0.2) is 79.0 Å². The molecule has 160 valence electrons. The molecule has 1 unspecified atom stereocenters. The van der Waals surface area contributed by atoms with E-state index in [0.29, 0.717) is 6.42 Å². The zero-order valence-electron chi connectivity index (χ0n) is 18.5. The highest BCUT2D eigenvalue weighted by atomic mass is 16.2. The molecule has 5 rings (SSSR count). The minimum absolute atomic E-state index is 0.0442. The maximum atomic E-state index is 13.5. The van der Waals surface area contributed by atoms with Crippen molar-refractivity contribution in [2.24, 2.45) is 0 Å². The highest BCUT2D eigenvalue weighted by Gasteiger charge is 2.37. The predicted molar refractivity (Wildman–Crippen MR) is 128 cm³/mol. The van der Waals surface area contributed by atoms with Crippen molar-refractivity contribution in [1.82, 2.24) is 15.0 Å². The molecular formula is C26H25N5O. The zero-order chi connectivity index (χ0) is 22.4. The quantitative estimate of drug-likeness (QED) is 0.472. The summed E-state index contributed by atoms with van der Waals surface area (Å²) in [5.74, 6) is -0.234. The van der Waals surface area contributed by atoms with Crippen LogP contribution in [0.5, 0.6) is 0 Å². The average Bonchev–Trinajstić information content (AvgIpc) is 3.34. The molecule has 0 bridgehead atoms. The molecule has 0 N–H and O–H groups in total. The van der Waals surface area contributed by atoms with Gasteiger partial charge in [0.25, 0.3) is 0 Å². The third-order valence-corrected chi connectivity index (χ3v) is 5.90. The molecule has 0 spiro atoms. The van der Waals surface area contributed by atoms with Crippen LogP contribution < -0.4 is 9.80 Å². The normalized spacial score (nSPS) is 16.2. The van der Waals surface area contributed by atoms with E-state index in [9.17, 15) is 4.79 Å². The predicted octanol–water partition coefficient (Wildman–Crippen LogP) is 4.83. The second-order valence-electron chi connectivity index (χ2n) is 8.49. The van der Waals surface area contributed by atoms with Gasteiger partial charge in [-0.3, -0.25) is 9.69 Å². The minimum Gasteiger partial charge on any atom is -0.378 e. The van der Waals surface area contributed by atoms with E-state index in [4.69, 9.17) is 0 Å². The molecule has 1 saturated heterocycles. The average molecular weight is 424 g/mol. The third kappa shape index (κ3) is 3.43. The van der Waals surface area contributed by atoms with Crippen LogP contribution in [0, 0.1) is 6.92 Å². The number of allylic oxidation sites excluding steroid dienone is 1. The number of anilines is 2. The molecule has 4 aromatic rings. The molecule has 0 aliphatic carbocycles. The lowest BCUT2D eigenvalue weighted by Gasteiger charge is -2.20. The molecule has 1 amide bonds. The lowest BCUT2D eigenvalue weighted by atomic mass is 9.95. The van der Waals surface area contributed by atoms with E-state index in [2.05, 4.69) is 22.8 Å². The van der Waals surface area contributed by atoms with Crippen molar-refractivity contribution in [3.63, 3.8) is 0 Å². The maximum Gasteiger partial charge on any atom is 0.239 e. The van der Waals surface area contributed by atoms with E-state index >= 15 is 0 Å². The summed E-state index contributed by atoms with van der Waals surface area (Å²) in [4.78, 5) is 18.9. The molecule has 3 aromatic carbocycles. The molecule has 1 aromatic heterocycles. The number of aryl methyl sites for hydroxylation is 1. The Balaban J connectivity index is 1.48.